The maximum Gasteiger partial charge on any atom is 0.323 e. The SMILES string of the molecule is Cc1noc(C)c1NC(=O)N(C)C[C@H]1OCCCC[C@@H](C)Oc2ccc(NC(=O)Nc3ccc4c(c3)OCO4)cc2C(=O)N([C@H](C)CO)C[C@@H]1C. The minimum Gasteiger partial charge on any atom is -0.490 e. The van der Waals surface area contributed by atoms with Crippen LogP contribution in [0.25, 0.3) is 0 Å². The molecule has 4 atom stereocenters. The Morgan fingerprint density at radius 1 is 1.02 bits per heavy atom. The number of fused-ring (bicyclic) bond motifs is 2. The predicted molar refractivity (Wildman–Crippen MR) is 190 cm³/mol. The van der Waals surface area contributed by atoms with E-state index in [9.17, 15) is 19.5 Å². The second kappa shape index (κ2) is 16.8. The number of aryl methyl sites for hydroxylation is 2. The predicted octanol–water partition coefficient (Wildman–Crippen LogP) is 5.62. The van der Waals surface area contributed by atoms with Crippen molar-refractivity contribution in [2.75, 3.05) is 56.1 Å². The number of carbonyl (C=O) groups excluding carboxylic acids is 3. The van der Waals surface area contributed by atoms with E-state index in [1.54, 1.807) is 69.1 Å². The number of hydrogen-bond donors (Lipinski definition) is 4. The molecule has 5 rings (SSSR count). The summed E-state index contributed by atoms with van der Waals surface area (Å²) in [6.45, 7) is 9.89. The normalized spacial score (nSPS) is 20.0. The van der Waals surface area contributed by atoms with Crippen molar-refractivity contribution in [2.45, 2.75) is 72.1 Å². The molecule has 0 aliphatic carbocycles. The first-order chi connectivity index (χ1) is 24.4. The van der Waals surface area contributed by atoms with Crippen LogP contribution in [0.4, 0.5) is 26.7 Å². The molecule has 0 fully saturated rings. The van der Waals surface area contributed by atoms with E-state index in [1.165, 1.54) is 4.90 Å². The van der Waals surface area contributed by atoms with Gasteiger partial charge >= 0.3 is 12.1 Å². The molecule has 15 nitrogen and oxygen atoms in total. The van der Waals surface area contributed by atoms with Crippen LogP contribution in [0.3, 0.4) is 0 Å². The zero-order chi connectivity index (χ0) is 36.7. The van der Waals surface area contributed by atoms with Crippen LogP contribution >= 0.6 is 0 Å². The third-order valence-electron chi connectivity index (χ3n) is 9.01. The summed E-state index contributed by atoms with van der Waals surface area (Å²) in [6, 6.07) is 8.58. The number of aromatic nitrogens is 1. The van der Waals surface area contributed by atoms with Crippen molar-refractivity contribution in [3.63, 3.8) is 0 Å². The fraction of sp³-hybridized carbons (Fsp3) is 0.500. The van der Waals surface area contributed by atoms with Crippen molar-refractivity contribution < 1.29 is 43.0 Å². The highest BCUT2D eigenvalue weighted by molar-refractivity contribution is 6.02. The number of likely N-dealkylation sites (N-methyl/N-ethyl adjacent to an activating group) is 1. The third kappa shape index (κ3) is 9.41. The summed E-state index contributed by atoms with van der Waals surface area (Å²) in [7, 11) is 1.68. The average Bonchev–Trinajstić information content (AvgIpc) is 3.70. The number of rotatable bonds is 7. The summed E-state index contributed by atoms with van der Waals surface area (Å²) in [4.78, 5) is 43.7. The van der Waals surface area contributed by atoms with Crippen LogP contribution in [-0.4, -0.2) is 96.4 Å². The van der Waals surface area contributed by atoms with Crippen LogP contribution in [0.15, 0.2) is 40.9 Å². The molecule has 0 radical (unpaired) electrons. The third-order valence-corrected chi connectivity index (χ3v) is 9.01. The van der Waals surface area contributed by atoms with Crippen LogP contribution in [-0.2, 0) is 4.74 Å². The van der Waals surface area contributed by atoms with Crippen LogP contribution in [0.2, 0.25) is 0 Å². The molecule has 0 saturated carbocycles. The van der Waals surface area contributed by atoms with Crippen LogP contribution in [0, 0.1) is 19.8 Å². The quantitative estimate of drug-likeness (QED) is 0.241. The lowest BCUT2D eigenvalue weighted by molar-refractivity contribution is -0.0115. The molecule has 4 N–H and O–H groups in total. The van der Waals surface area contributed by atoms with Gasteiger partial charge in [-0.15, -0.1) is 0 Å². The molecular weight excluding hydrogens is 660 g/mol. The molecule has 1 aromatic heterocycles. The Morgan fingerprint density at radius 2 is 1.73 bits per heavy atom. The first kappa shape index (κ1) is 37.2. The highest BCUT2D eigenvalue weighted by atomic mass is 16.7. The van der Waals surface area contributed by atoms with Crippen LogP contribution in [0.5, 0.6) is 17.2 Å². The molecule has 2 aliphatic rings. The zero-order valence-electron chi connectivity index (χ0n) is 30.0. The highest BCUT2D eigenvalue weighted by Gasteiger charge is 2.31. The lowest BCUT2D eigenvalue weighted by Gasteiger charge is -2.35. The molecule has 0 bridgehead atoms. The maximum atomic E-state index is 14.4. The minimum absolute atomic E-state index is 0.117. The second-order valence-corrected chi connectivity index (χ2v) is 13.2. The number of urea groups is 2. The first-order valence-corrected chi connectivity index (χ1v) is 17.2. The number of nitrogens with zero attached hydrogens (tertiary/aromatic N) is 3. The highest BCUT2D eigenvalue weighted by Crippen LogP contribution is 2.34. The van der Waals surface area contributed by atoms with Crippen molar-refractivity contribution in [3.05, 3.63) is 53.4 Å². The Morgan fingerprint density at radius 3 is 2.43 bits per heavy atom. The molecule has 3 aromatic rings. The standard InChI is InChI=1S/C36H48N6O9/c1-21-17-42(22(2)19-43)34(44)28-15-26(37-35(45)38-27-11-13-30-31(16-27)49-20-48-30)10-12-29(28)50-23(3)9-7-8-14-47-32(21)18-41(6)36(46)39-33-24(4)40-51-25(33)5/h10-13,15-16,21-23,32,43H,7-9,14,17-20H2,1-6H3,(H,39,46)(H2,37,38,45)/t21-,22+,23+,32+/m0/s1. The lowest BCUT2D eigenvalue weighted by atomic mass is 10.0. The maximum absolute atomic E-state index is 14.4. The van der Waals surface area contributed by atoms with Gasteiger partial charge in [-0.05, 0) is 77.3 Å². The van der Waals surface area contributed by atoms with Gasteiger partial charge in [0, 0.05) is 50.1 Å². The number of anilines is 3. The van der Waals surface area contributed by atoms with Crippen molar-refractivity contribution in [3.8, 4) is 17.2 Å². The first-order valence-electron chi connectivity index (χ1n) is 17.2. The van der Waals surface area contributed by atoms with Crippen molar-refractivity contribution in [2.24, 2.45) is 5.92 Å². The van der Waals surface area contributed by atoms with Crippen molar-refractivity contribution >= 4 is 35.0 Å². The Hall–Kier alpha value is -5.02. The number of carbonyl (C=O) groups is 3. The molecule has 0 spiro atoms. The number of aliphatic hydroxyl groups excluding tert-OH is 1. The molecule has 276 valence electrons. The zero-order valence-corrected chi connectivity index (χ0v) is 30.0. The molecule has 5 amide bonds. The Balaban J connectivity index is 1.36. The Bertz CT molecular complexity index is 1680. The van der Waals surface area contributed by atoms with Gasteiger partial charge in [0.15, 0.2) is 17.3 Å². The lowest BCUT2D eigenvalue weighted by Crippen LogP contribution is -2.48. The van der Waals surface area contributed by atoms with E-state index >= 15 is 0 Å². The smallest absolute Gasteiger partial charge is 0.323 e. The molecular formula is C36H48N6O9. The van der Waals surface area contributed by atoms with Crippen LogP contribution in [0.1, 0.15) is 61.8 Å². The topological polar surface area (TPSA) is 177 Å². The largest absolute Gasteiger partial charge is 0.490 e. The molecule has 51 heavy (non-hydrogen) atoms. The Labute approximate surface area is 297 Å². The van der Waals surface area contributed by atoms with E-state index < -0.39 is 18.2 Å². The fourth-order valence-corrected chi connectivity index (χ4v) is 5.95. The van der Waals surface area contributed by atoms with Gasteiger partial charge in [0.1, 0.15) is 17.1 Å². The Kier molecular flexibility index (Phi) is 12.3. The van der Waals surface area contributed by atoms with E-state index in [4.69, 9.17) is 23.5 Å². The summed E-state index contributed by atoms with van der Waals surface area (Å²) in [5.41, 5.74) is 2.21. The minimum atomic E-state index is -0.565. The van der Waals surface area contributed by atoms with Crippen molar-refractivity contribution in [1.29, 1.82) is 0 Å². The monoisotopic (exact) mass is 708 g/mol. The van der Waals surface area contributed by atoms with Gasteiger partial charge in [0.05, 0.1) is 30.4 Å². The summed E-state index contributed by atoms with van der Waals surface area (Å²) < 4.78 is 28.6. The summed E-state index contributed by atoms with van der Waals surface area (Å²) in [5, 5.41) is 22.6. The van der Waals surface area contributed by atoms with Gasteiger partial charge in [-0.1, -0.05) is 12.1 Å². The van der Waals surface area contributed by atoms with E-state index in [0.29, 0.717) is 58.8 Å². The average molecular weight is 709 g/mol. The summed E-state index contributed by atoms with van der Waals surface area (Å²) in [6.07, 6.45) is 1.66. The summed E-state index contributed by atoms with van der Waals surface area (Å²) in [5.74, 6) is 1.37. The van der Waals surface area contributed by atoms with E-state index in [0.717, 1.165) is 12.8 Å². The molecule has 0 saturated heterocycles. The van der Waals surface area contributed by atoms with Gasteiger partial charge in [-0.2, -0.15) is 0 Å². The number of aliphatic hydroxyl groups is 1. The molecule has 15 heteroatoms. The fourth-order valence-electron chi connectivity index (χ4n) is 5.95. The molecule has 2 aromatic carbocycles. The molecule has 0 unspecified atom stereocenters. The van der Waals surface area contributed by atoms with Crippen LogP contribution < -0.4 is 30.2 Å². The molecule has 2 aliphatic heterocycles. The second-order valence-electron chi connectivity index (χ2n) is 13.2. The van der Waals surface area contributed by atoms with Crippen molar-refractivity contribution in [1.82, 2.24) is 15.0 Å². The number of amides is 5. The van der Waals surface area contributed by atoms with Gasteiger partial charge in [-0.3, -0.25) is 4.79 Å². The number of ether oxygens (including phenoxy) is 4. The molecule has 3 heterocycles. The number of benzene rings is 2. The summed E-state index contributed by atoms with van der Waals surface area (Å²) >= 11 is 0. The van der Waals surface area contributed by atoms with Gasteiger partial charge in [0.2, 0.25) is 6.79 Å². The van der Waals surface area contributed by atoms with E-state index in [1.807, 2.05) is 13.8 Å². The van der Waals surface area contributed by atoms with Gasteiger partial charge < -0.3 is 54.3 Å². The number of nitrogens with one attached hydrogen (secondary N) is 3. The van der Waals surface area contributed by atoms with Gasteiger partial charge in [-0.25, -0.2) is 9.59 Å². The van der Waals surface area contributed by atoms with Gasteiger partial charge in [0.25, 0.3) is 5.91 Å². The van der Waals surface area contributed by atoms with E-state index in [2.05, 4.69) is 21.1 Å². The number of hydrogen-bond acceptors (Lipinski definition) is 10. The van der Waals surface area contributed by atoms with E-state index in [-0.39, 0.29) is 56.0 Å².